The van der Waals surface area contributed by atoms with E-state index in [1.165, 1.54) is 66.6 Å². The summed E-state index contributed by atoms with van der Waals surface area (Å²) in [4.78, 5) is 6.48. The highest BCUT2D eigenvalue weighted by molar-refractivity contribution is 6.35. The number of benzene rings is 2. The van der Waals surface area contributed by atoms with Crippen LogP contribution in [-0.4, -0.2) is 36.6 Å². The number of likely N-dealkylation sites (tertiary alicyclic amines) is 1. The lowest BCUT2D eigenvalue weighted by atomic mass is 9.58. The molecule has 3 aliphatic rings. The Morgan fingerprint density at radius 2 is 2.07 bits per heavy atom. The first-order valence-corrected chi connectivity index (χ1v) is 11.7. The Labute approximate surface area is 183 Å². The zero-order valence-electron chi connectivity index (χ0n) is 17.6. The number of aromatic nitrogens is 1. The molecule has 0 bridgehead atoms. The molecule has 30 heavy (non-hydrogen) atoms. The standard InChI is InChI=1S/C26H29ClN2O/c1-30-20-5-2-4-18(12-20)26-10-11-29(15-17-8-9-17)16-19(26)13-21-24(14-26)28-23-7-3-6-22(27)25(21)23/h2-7,12,17,19,28H,8-11,13-16H2,1H3/t19?,26-/m1/s1. The van der Waals surface area contributed by atoms with Gasteiger partial charge in [0, 0.05) is 35.1 Å². The summed E-state index contributed by atoms with van der Waals surface area (Å²) >= 11 is 6.66. The molecule has 6 rings (SSSR count). The van der Waals surface area contributed by atoms with Crippen molar-refractivity contribution in [1.82, 2.24) is 9.88 Å². The van der Waals surface area contributed by atoms with Crippen LogP contribution < -0.4 is 4.74 Å². The number of nitrogens with zero attached hydrogens (tertiary/aromatic N) is 1. The number of H-pyrrole nitrogens is 1. The summed E-state index contributed by atoms with van der Waals surface area (Å²) in [6.45, 7) is 3.66. The molecule has 1 N–H and O–H groups in total. The molecule has 0 radical (unpaired) electrons. The zero-order chi connectivity index (χ0) is 20.3. The molecule has 4 heteroatoms. The molecule has 1 saturated heterocycles. The molecule has 2 fully saturated rings. The number of methoxy groups -OCH3 is 1. The largest absolute Gasteiger partial charge is 0.497 e. The average molecular weight is 421 g/mol. The molecule has 2 heterocycles. The Morgan fingerprint density at radius 3 is 2.90 bits per heavy atom. The fraction of sp³-hybridized carbons (Fsp3) is 0.462. The van der Waals surface area contributed by atoms with Crippen molar-refractivity contribution in [3.8, 4) is 5.75 Å². The maximum Gasteiger partial charge on any atom is 0.119 e. The molecule has 2 aliphatic carbocycles. The number of halogens is 1. The molecule has 0 amide bonds. The molecule has 3 aromatic rings. The summed E-state index contributed by atoms with van der Waals surface area (Å²) in [5.41, 5.74) is 5.62. The van der Waals surface area contributed by atoms with Gasteiger partial charge in [0.2, 0.25) is 0 Å². The normalized spacial score (nSPS) is 26.4. The lowest BCUT2D eigenvalue weighted by Crippen LogP contribution is -2.54. The number of piperidine rings is 1. The van der Waals surface area contributed by atoms with Crippen LogP contribution in [0.15, 0.2) is 42.5 Å². The molecule has 2 aromatic carbocycles. The van der Waals surface area contributed by atoms with Gasteiger partial charge < -0.3 is 14.6 Å². The molecule has 3 nitrogen and oxygen atoms in total. The third kappa shape index (κ3) is 2.98. The van der Waals surface area contributed by atoms with E-state index in [-0.39, 0.29) is 5.41 Å². The summed E-state index contributed by atoms with van der Waals surface area (Å²) < 4.78 is 5.60. The fourth-order valence-electron chi connectivity index (χ4n) is 6.14. The number of nitrogens with one attached hydrogen (secondary N) is 1. The van der Waals surface area contributed by atoms with Crippen LogP contribution in [-0.2, 0) is 18.3 Å². The topological polar surface area (TPSA) is 28.3 Å². The quantitative estimate of drug-likeness (QED) is 0.595. The van der Waals surface area contributed by atoms with E-state index in [0.29, 0.717) is 5.92 Å². The molecular formula is C26H29ClN2O. The van der Waals surface area contributed by atoms with Gasteiger partial charge in [0.25, 0.3) is 0 Å². The van der Waals surface area contributed by atoms with Crippen molar-refractivity contribution >= 4 is 22.5 Å². The van der Waals surface area contributed by atoms with E-state index in [2.05, 4.69) is 46.3 Å². The molecule has 1 aliphatic heterocycles. The molecule has 1 unspecified atom stereocenters. The number of fused-ring (bicyclic) bond motifs is 4. The van der Waals surface area contributed by atoms with Gasteiger partial charge in [-0.15, -0.1) is 0 Å². The van der Waals surface area contributed by atoms with Gasteiger partial charge in [0.1, 0.15) is 5.75 Å². The van der Waals surface area contributed by atoms with E-state index in [1.807, 2.05) is 6.07 Å². The summed E-state index contributed by atoms with van der Waals surface area (Å²) in [6.07, 6.45) is 6.20. The summed E-state index contributed by atoms with van der Waals surface area (Å²) in [5.74, 6) is 2.50. The van der Waals surface area contributed by atoms with E-state index in [1.54, 1.807) is 7.11 Å². The second kappa shape index (κ2) is 7.03. The van der Waals surface area contributed by atoms with E-state index < -0.39 is 0 Å². The smallest absolute Gasteiger partial charge is 0.119 e. The lowest BCUT2D eigenvalue weighted by Gasteiger charge is -2.51. The first-order valence-electron chi connectivity index (χ1n) is 11.3. The molecule has 1 saturated carbocycles. The highest BCUT2D eigenvalue weighted by atomic mass is 35.5. The van der Waals surface area contributed by atoms with Crippen LogP contribution in [0.25, 0.3) is 10.9 Å². The van der Waals surface area contributed by atoms with Crippen molar-refractivity contribution in [3.63, 3.8) is 0 Å². The van der Waals surface area contributed by atoms with Gasteiger partial charge >= 0.3 is 0 Å². The summed E-state index contributed by atoms with van der Waals surface area (Å²) in [6, 6.07) is 15.1. The Morgan fingerprint density at radius 1 is 1.20 bits per heavy atom. The second-order valence-electron chi connectivity index (χ2n) is 9.66. The molecule has 156 valence electrons. The molecule has 1 aromatic heterocycles. The van der Waals surface area contributed by atoms with E-state index in [0.717, 1.165) is 29.5 Å². The highest BCUT2D eigenvalue weighted by Gasteiger charge is 2.48. The van der Waals surface area contributed by atoms with E-state index >= 15 is 0 Å². The number of aromatic amines is 1. The Bertz CT molecular complexity index is 1100. The van der Waals surface area contributed by atoms with Gasteiger partial charge in [-0.3, -0.25) is 0 Å². The maximum atomic E-state index is 6.66. The van der Waals surface area contributed by atoms with Crippen molar-refractivity contribution in [2.45, 2.75) is 37.5 Å². The summed E-state index contributed by atoms with van der Waals surface area (Å²) in [5, 5.41) is 2.12. The van der Waals surface area contributed by atoms with Crippen molar-refractivity contribution in [2.75, 3.05) is 26.7 Å². The first-order chi connectivity index (χ1) is 14.7. The van der Waals surface area contributed by atoms with Crippen LogP contribution in [0.1, 0.15) is 36.1 Å². The van der Waals surface area contributed by atoms with Crippen molar-refractivity contribution in [2.24, 2.45) is 11.8 Å². The lowest BCUT2D eigenvalue weighted by molar-refractivity contribution is 0.0783. The van der Waals surface area contributed by atoms with Gasteiger partial charge in [-0.05, 0) is 85.9 Å². The molecule has 2 atom stereocenters. The number of hydrogen-bond donors (Lipinski definition) is 1. The van der Waals surface area contributed by atoms with Gasteiger partial charge in [0.15, 0.2) is 0 Å². The molecular weight excluding hydrogens is 392 g/mol. The third-order valence-electron chi connectivity index (χ3n) is 7.90. The summed E-state index contributed by atoms with van der Waals surface area (Å²) in [7, 11) is 1.77. The van der Waals surface area contributed by atoms with Crippen LogP contribution in [0, 0.1) is 11.8 Å². The highest BCUT2D eigenvalue weighted by Crippen LogP contribution is 2.50. The average Bonchev–Trinajstić information content (AvgIpc) is 3.50. The number of ether oxygens (including phenoxy) is 1. The van der Waals surface area contributed by atoms with Crippen LogP contribution in [0.2, 0.25) is 5.02 Å². The minimum atomic E-state index is 0.162. The minimum Gasteiger partial charge on any atom is -0.497 e. The van der Waals surface area contributed by atoms with Gasteiger partial charge in [-0.25, -0.2) is 0 Å². The van der Waals surface area contributed by atoms with Gasteiger partial charge in [-0.1, -0.05) is 29.8 Å². The number of hydrogen-bond acceptors (Lipinski definition) is 2. The van der Waals surface area contributed by atoms with Crippen LogP contribution >= 0.6 is 11.6 Å². The fourth-order valence-corrected chi connectivity index (χ4v) is 6.43. The zero-order valence-corrected chi connectivity index (χ0v) is 18.3. The first kappa shape index (κ1) is 18.8. The predicted molar refractivity (Wildman–Crippen MR) is 123 cm³/mol. The van der Waals surface area contributed by atoms with Gasteiger partial charge in [0.05, 0.1) is 12.1 Å². The number of rotatable bonds is 4. The molecule has 0 spiro atoms. The minimum absolute atomic E-state index is 0.162. The van der Waals surface area contributed by atoms with Crippen molar-refractivity contribution < 1.29 is 4.74 Å². The Kier molecular flexibility index (Phi) is 4.40. The van der Waals surface area contributed by atoms with Crippen LogP contribution in [0.3, 0.4) is 0 Å². The van der Waals surface area contributed by atoms with Gasteiger partial charge in [-0.2, -0.15) is 0 Å². The van der Waals surface area contributed by atoms with Crippen molar-refractivity contribution in [3.05, 3.63) is 64.3 Å². The van der Waals surface area contributed by atoms with E-state index in [4.69, 9.17) is 16.3 Å². The second-order valence-corrected chi connectivity index (χ2v) is 10.1. The predicted octanol–water partition coefficient (Wildman–Crippen LogP) is 5.60. The van der Waals surface area contributed by atoms with E-state index in [9.17, 15) is 0 Å². The SMILES string of the molecule is COc1cccc([C@]23CCN(CC4CC4)CC2Cc2c([nH]c4cccc(Cl)c24)C3)c1. The monoisotopic (exact) mass is 420 g/mol. The van der Waals surface area contributed by atoms with Crippen molar-refractivity contribution in [1.29, 1.82) is 0 Å². The Balaban J connectivity index is 1.45. The van der Waals surface area contributed by atoms with Crippen LogP contribution in [0.5, 0.6) is 5.75 Å². The Hall–Kier alpha value is -1.97. The van der Waals surface area contributed by atoms with Crippen LogP contribution in [0.4, 0.5) is 0 Å². The maximum absolute atomic E-state index is 6.66. The third-order valence-corrected chi connectivity index (χ3v) is 8.22.